The van der Waals surface area contributed by atoms with E-state index in [4.69, 9.17) is 21.1 Å². The van der Waals surface area contributed by atoms with Gasteiger partial charge in [0.1, 0.15) is 6.61 Å². The van der Waals surface area contributed by atoms with E-state index in [2.05, 4.69) is 10.0 Å². The van der Waals surface area contributed by atoms with Gasteiger partial charge in [0.25, 0.3) is 5.91 Å². The molecule has 0 radical (unpaired) electrons. The van der Waals surface area contributed by atoms with Gasteiger partial charge in [0.05, 0.1) is 19.1 Å². The third-order valence-corrected chi connectivity index (χ3v) is 5.52. The zero-order valence-corrected chi connectivity index (χ0v) is 19.4. The van der Waals surface area contributed by atoms with Gasteiger partial charge in [0, 0.05) is 21.8 Å². The van der Waals surface area contributed by atoms with Crippen molar-refractivity contribution in [3.05, 3.63) is 82.4 Å². The van der Waals surface area contributed by atoms with Crippen LogP contribution in [0.3, 0.4) is 0 Å². The standard InChI is InChI=1S/C23H23ClN2O5S/c1-15-8-10-18(13-20(15)26-32(3,28)29)25-23(27)16-9-11-21(22(12-16)30-2)31-14-17-6-4-5-7-19(17)24/h4-13,26H,14H2,1-3H3,(H,25,27). The minimum absolute atomic E-state index is 0.251. The molecule has 2 N–H and O–H groups in total. The second-order valence-electron chi connectivity index (χ2n) is 7.10. The van der Waals surface area contributed by atoms with Crippen LogP contribution in [0, 0.1) is 6.92 Å². The summed E-state index contributed by atoms with van der Waals surface area (Å²) in [6.45, 7) is 2.02. The number of hydrogen-bond donors (Lipinski definition) is 2. The minimum Gasteiger partial charge on any atom is -0.493 e. The summed E-state index contributed by atoms with van der Waals surface area (Å²) in [4.78, 5) is 12.7. The summed E-state index contributed by atoms with van der Waals surface area (Å²) >= 11 is 6.16. The molecular formula is C23H23ClN2O5S. The molecule has 0 bridgehead atoms. The van der Waals surface area contributed by atoms with Crippen molar-refractivity contribution < 1.29 is 22.7 Å². The predicted molar refractivity (Wildman–Crippen MR) is 126 cm³/mol. The number of ether oxygens (including phenoxy) is 2. The number of benzene rings is 3. The number of carbonyl (C=O) groups is 1. The average Bonchev–Trinajstić information content (AvgIpc) is 2.74. The first-order valence-electron chi connectivity index (χ1n) is 9.60. The number of anilines is 2. The number of aryl methyl sites for hydroxylation is 1. The summed E-state index contributed by atoms with van der Waals surface area (Å²) in [5.41, 5.74) is 2.76. The number of amides is 1. The number of halogens is 1. The maximum absolute atomic E-state index is 12.7. The Balaban J connectivity index is 1.75. The molecule has 3 rings (SSSR count). The Morgan fingerprint density at radius 1 is 1.03 bits per heavy atom. The molecule has 1 amide bonds. The highest BCUT2D eigenvalue weighted by molar-refractivity contribution is 7.92. The molecular weight excluding hydrogens is 452 g/mol. The van der Waals surface area contributed by atoms with E-state index in [1.165, 1.54) is 7.11 Å². The minimum atomic E-state index is -3.44. The number of carbonyl (C=O) groups excluding carboxylic acids is 1. The molecule has 7 nitrogen and oxygen atoms in total. The largest absolute Gasteiger partial charge is 0.493 e. The summed E-state index contributed by atoms with van der Waals surface area (Å²) in [6, 6.07) is 17.2. The molecule has 0 fully saturated rings. The van der Waals surface area contributed by atoms with Crippen LogP contribution in [-0.4, -0.2) is 27.7 Å². The van der Waals surface area contributed by atoms with Crippen molar-refractivity contribution in [2.75, 3.05) is 23.4 Å². The smallest absolute Gasteiger partial charge is 0.255 e. The van der Waals surface area contributed by atoms with E-state index in [1.54, 1.807) is 49.4 Å². The van der Waals surface area contributed by atoms with Crippen LogP contribution < -0.4 is 19.5 Å². The van der Waals surface area contributed by atoms with Crippen LogP contribution in [0.15, 0.2) is 60.7 Å². The molecule has 0 spiro atoms. The lowest BCUT2D eigenvalue weighted by molar-refractivity contribution is 0.102. The van der Waals surface area contributed by atoms with Crippen LogP contribution in [-0.2, 0) is 16.6 Å². The lowest BCUT2D eigenvalue weighted by Crippen LogP contribution is -2.14. The van der Waals surface area contributed by atoms with Gasteiger partial charge in [-0.3, -0.25) is 9.52 Å². The van der Waals surface area contributed by atoms with Gasteiger partial charge in [0.15, 0.2) is 11.5 Å². The summed E-state index contributed by atoms with van der Waals surface area (Å²) in [6.07, 6.45) is 1.07. The topological polar surface area (TPSA) is 93.7 Å². The fraction of sp³-hybridized carbons (Fsp3) is 0.174. The molecule has 3 aromatic rings. The fourth-order valence-corrected chi connectivity index (χ4v) is 3.72. The van der Waals surface area contributed by atoms with Crippen LogP contribution in [0.2, 0.25) is 5.02 Å². The third kappa shape index (κ3) is 6.15. The molecule has 168 valence electrons. The van der Waals surface area contributed by atoms with Crippen molar-refractivity contribution in [2.45, 2.75) is 13.5 Å². The van der Waals surface area contributed by atoms with Gasteiger partial charge in [-0.2, -0.15) is 0 Å². The Labute approximate surface area is 192 Å². The van der Waals surface area contributed by atoms with Gasteiger partial charge in [0.2, 0.25) is 10.0 Å². The van der Waals surface area contributed by atoms with Crippen molar-refractivity contribution in [2.24, 2.45) is 0 Å². The number of sulfonamides is 1. The van der Waals surface area contributed by atoms with E-state index >= 15 is 0 Å². The number of methoxy groups -OCH3 is 1. The van der Waals surface area contributed by atoms with Crippen molar-refractivity contribution in [3.63, 3.8) is 0 Å². The molecule has 0 aromatic heterocycles. The molecule has 0 heterocycles. The first-order chi connectivity index (χ1) is 15.2. The molecule has 0 atom stereocenters. The summed E-state index contributed by atoms with van der Waals surface area (Å²) in [5.74, 6) is 0.488. The highest BCUT2D eigenvalue weighted by Crippen LogP contribution is 2.30. The van der Waals surface area contributed by atoms with Crippen LogP contribution in [0.4, 0.5) is 11.4 Å². The maximum atomic E-state index is 12.7. The summed E-state index contributed by atoms with van der Waals surface area (Å²) in [5, 5.41) is 3.36. The van der Waals surface area contributed by atoms with Crippen molar-refractivity contribution in [3.8, 4) is 11.5 Å². The molecule has 9 heteroatoms. The number of nitrogens with one attached hydrogen (secondary N) is 2. The molecule has 0 unspecified atom stereocenters. The Morgan fingerprint density at radius 2 is 1.78 bits per heavy atom. The van der Waals surface area contributed by atoms with Crippen LogP contribution in [0.1, 0.15) is 21.5 Å². The van der Waals surface area contributed by atoms with E-state index in [-0.39, 0.29) is 12.5 Å². The molecule has 0 aliphatic rings. The number of hydrogen-bond acceptors (Lipinski definition) is 5. The van der Waals surface area contributed by atoms with E-state index in [1.807, 2.05) is 18.2 Å². The van der Waals surface area contributed by atoms with Crippen LogP contribution >= 0.6 is 11.6 Å². The van der Waals surface area contributed by atoms with Crippen molar-refractivity contribution in [1.29, 1.82) is 0 Å². The Kier molecular flexibility index (Phi) is 7.27. The second kappa shape index (κ2) is 9.93. The lowest BCUT2D eigenvalue weighted by atomic mass is 10.1. The van der Waals surface area contributed by atoms with Gasteiger partial charge in [-0.1, -0.05) is 35.9 Å². The van der Waals surface area contributed by atoms with Gasteiger partial charge in [-0.05, 0) is 48.9 Å². The molecule has 0 saturated carbocycles. The first kappa shape index (κ1) is 23.4. The van der Waals surface area contributed by atoms with Crippen molar-refractivity contribution in [1.82, 2.24) is 0 Å². The van der Waals surface area contributed by atoms with Crippen LogP contribution in [0.5, 0.6) is 11.5 Å². The molecule has 0 aliphatic carbocycles. The normalized spacial score (nSPS) is 11.0. The van der Waals surface area contributed by atoms with E-state index in [0.29, 0.717) is 33.5 Å². The SMILES string of the molecule is COc1cc(C(=O)Nc2ccc(C)c(NS(C)(=O)=O)c2)ccc1OCc1ccccc1Cl. The quantitative estimate of drug-likeness (QED) is 0.486. The molecule has 0 aliphatic heterocycles. The zero-order valence-electron chi connectivity index (χ0n) is 17.8. The van der Waals surface area contributed by atoms with Gasteiger partial charge < -0.3 is 14.8 Å². The van der Waals surface area contributed by atoms with Gasteiger partial charge in [-0.25, -0.2) is 8.42 Å². The zero-order chi connectivity index (χ0) is 23.3. The Bertz CT molecular complexity index is 1240. The average molecular weight is 475 g/mol. The molecule has 3 aromatic carbocycles. The molecule has 0 saturated heterocycles. The van der Waals surface area contributed by atoms with E-state index < -0.39 is 10.0 Å². The Morgan fingerprint density at radius 3 is 2.47 bits per heavy atom. The van der Waals surface area contributed by atoms with Crippen molar-refractivity contribution >= 4 is 38.9 Å². The monoisotopic (exact) mass is 474 g/mol. The Hall–Kier alpha value is -3.23. The van der Waals surface area contributed by atoms with Crippen LogP contribution in [0.25, 0.3) is 0 Å². The fourth-order valence-electron chi connectivity index (χ4n) is 2.91. The van der Waals surface area contributed by atoms with E-state index in [9.17, 15) is 13.2 Å². The number of rotatable bonds is 8. The van der Waals surface area contributed by atoms with Gasteiger partial charge in [-0.15, -0.1) is 0 Å². The summed E-state index contributed by atoms with van der Waals surface area (Å²) in [7, 11) is -1.95. The molecule has 32 heavy (non-hydrogen) atoms. The van der Waals surface area contributed by atoms with Gasteiger partial charge >= 0.3 is 0 Å². The van der Waals surface area contributed by atoms with E-state index in [0.717, 1.165) is 17.4 Å². The third-order valence-electron chi connectivity index (χ3n) is 4.56. The highest BCUT2D eigenvalue weighted by Gasteiger charge is 2.13. The highest BCUT2D eigenvalue weighted by atomic mass is 35.5. The summed E-state index contributed by atoms with van der Waals surface area (Å²) < 4.78 is 36.7. The first-order valence-corrected chi connectivity index (χ1v) is 11.9. The predicted octanol–water partition coefficient (Wildman–Crippen LogP) is 4.86. The lowest BCUT2D eigenvalue weighted by Gasteiger charge is -2.14. The second-order valence-corrected chi connectivity index (χ2v) is 9.26. The maximum Gasteiger partial charge on any atom is 0.255 e.